The van der Waals surface area contributed by atoms with E-state index in [1.54, 1.807) is 0 Å². The van der Waals surface area contributed by atoms with Gasteiger partial charge in [-0.15, -0.1) is 0 Å². The van der Waals surface area contributed by atoms with E-state index in [0.29, 0.717) is 19.5 Å². The Bertz CT molecular complexity index is 1010. The Hall–Kier alpha value is -3.35. The van der Waals surface area contributed by atoms with E-state index >= 15 is 0 Å². The van der Waals surface area contributed by atoms with Crippen LogP contribution in [0.4, 0.5) is 16.2 Å². The molecule has 0 saturated carbocycles. The maximum atomic E-state index is 13.6. The van der Waals surface area contributed by atoms with Crippen molar-refractivity contribution in [1.29, 1.82) is 0 Å². The van der Waals surface area contributed by atoms with Crippen LogP contribution >= 0.6 is 0 Å². The molecule has 2 aromatic carbocycles. The van der Waals surface area contributed by atoms with Crippen molar-refractivity contribution < 1.29 is 14.4 Å². The van der Waals surface area contributed by atoms with Crippen molar-refractivity contribution in [2.75, 3.05) is 43.5 Å². The number of nitrogens with zero attached hydrogens (tertiary/aromatic N) is 4. The fraction of sp³-hybridized carbons (Fsp3) is 0.348. The van der Waals surface area contributed by atoms with Crippen molar-refractivity contribution in [3.8, 4) is 0 Å². The van der Waals surface area contributed by atoms with Crippen LogP contribution < -0.4 is 9.80 Å². The van der Waals surface area contributed by atoms with Crippen molar-refractivity contribution in [2.45, 2.75) is 12.5 Å². The summed E-state index contributed by atoms with van der Waals surface area (Å²) in [6.45, 7) is 2.02. The fourth-order valence-corrected chi connectivity index (χ4v) is 5.25. The third-order valence-electron chi connectivity index (χ3n) is 6.79. The number of rotatable bonds is 1. The number of carbonyl (C=O) groups is 3. The van der Waals surface area contributed by atoms with Crippen LogP contribution in [-0.4, -0.2) is 67.4 Å². The average Bonchev–Trinajstić information content (AvgIpc) is 2.80. The lowest BCUT2D eigenvalue weighted by molar-refractivity contribution is -0.159. The predicted molar refractivity (Wildman–Crippen MR) is 113 cm³/mol. The topological polar surface area (TPSA) is 64.2 Å². The molecule has 7 nitrogen and oxygen atoms in total. The molecule has 30 heavy (non-hydrogen) atoms. The second-order valence-electron chi connectivity index (χ2n) is 8.28. The number of para-hydroxylation sites is 2. The first-order valence-corrected chi connectivity index (χ1v) is 10.2. The first kappa shape index (κ1) is 18.7. The largest absolute Gasteiger partial charge is 0.368 e. The number of barbiturate groups is 1. The molecule has 2 saturated heterocycles. The Balaban J connectivity index is 1.65. The van der Waals surface area contributed by atoms with Gasteiger partial charge in [0, 0.05) is 45.1 Å². The first-order chi connectivity index (χ1) is 14.4. The number of fused-ring (bicyclic) bond motifs is 4. The predicted octanol–water partition coefficient (Wildman–Crippen LogP) is 1.97. The molecule has 3 heterocycles. The van der Waals surface area contributed by atoms with Gasteiger partial charge in [-0.25, -0.2) is 4.79 Å². The summed E-state index contributed by atoms with van der Waals surface area (Å²) >= 11 is 0. The highest BCUT2D eigenvalue weighted by molar-refractivity contribution is 6.20. The van der Waals surface area contributed by atoms with E-state index in [1.165, 1.54) is 14.1 Å². The summed E-state index contributed by atoms with van der Waals surface area (Å²) in [5, 5.41) is 0. The SMILES string of the molecule is CN1C(=O)N(C)C(=O)C2(Cc3ccccc3N3CCN(c4ccccc4)C[C@@H]32)C1=O. The van der Waals surface area contributed by atoms with Gasteiger partial charge < -0.3 is 9.80 Å². The number of piperazine rings is 1. The Morgan fingerprint density at radius 1 is 0.833 bits per heavy atom. The summed E-state index contributed by atoms with van der Waals surface area (Å²) in [7, 11) is 2.94. The van der Waals surface area contributed by atoms with Crippen LogP contribution in [0.1, 0.15) is 5.56 Å². The van der Waals surface area contributed by atoms with E-state index < -0.39 is 23.3 Å². The molecule has 0 radical (unpaired) electrons. The van der Waals surface area contributed by atoms with Crippen LogP contribution in [0.3, 0.4) is 0 Å². The second kappa shape index (κ2) is 6.58. The summed E-state index contributed by atoms with van der Waals surface area (Å²) in [6.07, 6.45) is 0.298. The lowest BCUT2D eigenvalue weighted by Crippen LogP contribution is -2.74. The highest BCUT2D eigenvalue weighted by atomic mass is 16.2. The Morgan fingerprint density at radius 2 is 1.47 bits per heavy atom. The van der Waals surface area contributed by atoms with Gasteiger partial charge in [0.05, 0.1) is 6.04 Å². The van der Waals surface area contributed by atoms with Crippen LogP contribution in [-0.2, 0) is 16.0 Å². The monoisotopic (exact) mass is 404 g/mol. The number of amides is 4. The lowest BCUT2D eigenvalue weighted by Gasteiger charge is -2.56. The van der Waals surface area contributed by atoms with Crippen LogP contribution in [0.5, 0.6) is 0 Å². The van der Waals surface area contributed by atoms with Gasteiger partial charge in [0.25, 0.3) is 0 Å². The van der Waals surface area contributed by atoms with Crippen molar-refractivity contribution in [3.05, 3.63) is 60.2 Å². The Labute approximate surface area is 175 Å². The van der Waals surface area contributed by atoms with Crippen molar-refractivity contribution in [1.82, 2.24) is 9.80 Å². The molecule has 3 aliphatic heterocycles. The molecule has 154 valence electrons. The molecule has 4 amide bonds. The van der Waals surface area contributed by atoms with Crippen molar-refractivity contribution in [3.63, 3.8) is 0 Å². The third kappa shape index (κ3) is 2.41. The summed E-state index contributed by atoms with van der Waals surface area (Å²) in [5.74, 6) is -0.815. The van der Waals surface area contributed by atoms with E-state index in [-0.39, 0.29) is 6.04 Å². The number of imide groups is 2. The number of benzene rings is 2. The minimum atomic E-state index is -1.32. The van der Waals surface area contributed by atoms with Gasteiger partial charge in [0.1, 0.15) is 0 Å². The summed E-state index contributed by atoms with van der Waals surface area (Å²) in [6, 6.07) is 17.1. The summed E-state index contributed by atoms with van der Waals surface area (Å²) < 4.78 is 0. The first-order valence-electron chi connectivity index (χ1n) is 10.2. The molecule has 7 heteroatoms. The quantitative estimate of drug-likeness (QED) is 0.680. The average molecular weight is 404 g/mol. The van der Waals surface area contributed by atoms with Gasteiger partial charge in [-0.2, -0.15) is 0 Å². The number of hydrogen-bond acceptors (Lipinski definition) is 5. The second-order valence-corrected chi connectivity index (χ2v) is 8.28. The maximum absolute atomic E-state index is 13.6. The molecule has 0 bridgehead atoms. The number of carbonyl (C=O) groups excluding carboxylic acids is 3. The molecule has 0 aliphatic carbocycles. The van der Waals surface area contributed by atoms with Crippen LogP contribution in [0.25, 0.3) is 0 Å². The lowest BCUT2D eigenvalue weighted by atomic mass is 9.67. The van der Waals surface area contributed by atoms with Gasteiger partial charge in [-0.05, 0) is 30.2 Å². The molecular formula is C23H24N4O3. The molecule has 1 atom stereocenters. The fourth-order valence-electron chi connectivity index (χ4n) is 5.25. The molecule has 3 aliphatic rings. The Kier molecular flexibility index (Phi) is 4.10. The number of anilines is 2. The maximum Gasteiger partial charge on any atom is 0.332 e. The zero-order chi connectivity index (χ0) is 21.0. The molecule has 2 aromatic rings. The standard InChI is InChI=1S/C23H24N4O3/c1-24-20(28)23(21(29)25(2)22(24)30)14-16-8-6-7-11-18(16)27-13-12-26(15-19(23)27)17-9-4-3-5-10-17/h3-11,19H,12-15H2,1-2H3/t19-/m1/s1. The van der Waals surface area contributed by atoms with E-state index in [1.807, 2.05) is 48.5 Å². The normalized spacial score (nSPS) is 23.0. The van der Waals surface area contributed by atoms with Gasteiger partial charge in [0.2, 0.25) is 11.8 Å². The third-order valence-corrected chi connectivity index (χ3v) is 6.79. The van der Waals surface area contributed by atoms with Crippen molar-refractivity contribution in [2.24, 2.45) is 5.41 Å². The van der Waals surface area contributed by atoms with Crippen LogP contribution in [0, 0.1) is 5.41 Å². The minimum absolute atomic E-state index is 0.298. The molecule has 0 N–H and O–H groups in total. The smallest absolute Gasteiger partial charge is 0.332 e. The molecule has 5 rings (SSSR count). The molecular weight excluding hydrogens is 380 g/mol. The van der Waals surface area contributed by atoms with E-state index in [9.17, 15) is 14.4 Å². The minimum Gasteiger partial charge on any atom is -0.368 e. The van der Waals surface area contributed by atoms with E-state index in [2.05, 4.69) is 15.9 Å². The number of urea groups is 1. The molecule has 0 unspecified atom stereocenters. The van der Waals surface area contributed by atoms with E-state index in [0.717, 1.165) is 33.3 Å². The summed E-state index contributed by atoms with van der Waals surface area (Å²) in [5.41, 5.74) is 1.79. The van der Waals surface area contributed by atoms with Crippen LogP contribution in [0.2, 0.25) is 0 Å². The van der Waals surface area contributed by atoms with Gasteiger partial charge in [0.15, 0.2) is 5.41 Å². The summed E-state index contributed by atoms with van der Waals surface area (Å²) in [4.78, 5) is 46.3. The van der Waals surface area contributed by atoms with Gasteiger partial charge in [-0.1, -0.05) is 36.4 Å². The van der Waals surface area contributed by atoms with E-state index in [4.69, 9.17) is 0 Å². The zero-order valence-electron chi connectivity index (χ0n) is 17.1. The van der Waals surface area contributed by atoms with Gasteiger partial charge >= 0.3 is 6.03 Å². The van der Waals surface area contributed by atoms with Crippen molar-refractivity contribution >= 4 is 29.2 Å². The van der Waals surface area contributed by atoms with Gasteiger partial charge in [-0.3, -0.25) is 19.4 Å². The molecule has 2 fully saturated rings. The Morgan fingerprint density at radius 3 is 2.17 bits per heavy atom. The van der Waals surface area contributed by atoms with Crippen LogP contribution in [0.15, 0.2) is 54.6 Å². The highest BCUT2D eigenvalue weighted by Crippen LogP contribution is 2.47. The highest BCUT2D eigenvalue weighted by Gasteiger charge is 2.63. The zero-order valence-corrected chi connectivity index (χ0v) is 17.1. The molecule has 0 aromatic heterocycles. The number of hydrogen-bond donors (Lipinski definition) is 0. The molecule has 1 spiro atoms.